The van der Waals surface area contributed by atoms with Gasteiger partial charge in [-0.25, -0.2) is 4.79 Å². The van der Waals surface area contributed by atoms with Crippen LogP contribution in [0.15, 0.2) is 48.8 Å². The average Bonchev–Trinajstić information content (AvgIpc) is 3.09. The van der Waals surface area contributed by atoms with Crippen molar-refractivity contribution < 1.29 is 9.59 Å². The largest absolute Gasteiger partial charge is 0.339 e. The van der Waals surface area contributed by atoms with Gasteiger partial charge < -0.3 is 9.80 Å². The van der Waals surface area contributed by atoms with Crippen LogP contribution in [0.5, 0.6) is 0 Å². The molecule has 1 aromatic carbocycles. The third kappa shape index (κ3) is 4.68. The van der Waals surface area contributed by atoms with Crippen LogP contribution in [0.3, 0.4) is 0 Å². The first-order valence-corrected chi connectivity index (χ1v) is 10.2. The highest BCUT2D eigenvalue weighted by atomic mass is 35.5. The average molecular weight is 414 g/mol. The lowest BCUT2D eigenvalue weighted by molar-refractivity contribution is -0.133. The fraction of sp³-hybridized carbons (Fsp3) is 0.381. The van der Waals surface area contributed by atoms with E-state index in [1.807, 2.05) is 29.3 Å². The summed E-state index contributed by atoms with van der Waals surface area (Å²) in [5.74, 6) is 0.00678. The summed E-state index contributed by atoms with van der Waals surface area (Å²) in [6.45, 7) is 5.07. The molecule has 4 rings (SSSR count). The normalized spacial score (nSPS) is 17.8. The summed E-state index contributed by atoms with van der Waals surface area (Å²) in [6, 6.07) is 11.1. The number of carbonyl (C=O) groups excluding carboxylic acids is 2. The number of piperazine rings is 1. The van der Waals surface area contributed by atoms with Gasteiger partial charge in [0.15, 0.2) is 0 Å². The molecule has 0 bridgehead atoms. The maximum absolute atomic E-state index is 12.7. The number of amides is 3. The molecule has 8 heteroatoms. The zero-order valence-electron chi connectivity index (χ0n) is 16.2. The number of anilines is 1. The third-order valence-corrected chi connectivity index (χ3v) is 5.63. The molecule has 152 valence electrons. The predicted octanol–water partition coefficient (Wildman–Crippen LogP) is 2.32. The Kier molecular flexibility index (Phi) is 5.97. The van der Waals surface area contributed by atoms with E-state index >= 15 is 0 Å². The van der Waals surface area contributed by atoms with Gasteiger partial charge in [0.2, 0.25) is 5.91 Å². The molecule has 0 radical (unpaired) electrons. The number of benzene rings is 1. The van der Waals surface area contributed by atoms with E-state index in [1.165, 1.54) is 5.56 Å². The second-order valence-electron chi connectivity index (χ2n) is 7.35. The molecule has 0 aliphatic carbocycles. The predicted molar refractivity (Wildman–Crippen MR) is 112 cm³/mol. The van der Waals surface area contributed by atoms with Gasteiger partial charge in [0.1, 0.15) is 6.54 Å². The lowest BCUT2D eigenvalue weighted by atomic mass is 10.2. The minimum absolute atomic E-state index is 0.00678. The molecule has 2 aliphatic rings. The Labute approximate surface area is 175 Å². The minimum atomic E-state index is -0.143. The maximum Gasteiger partial charge on any atom is 0.325 e. The van der Waals surface area contributed by atoms with Crippen molar-refractivity contribution >= 4 is 29.2 Å². The van der Waals surface area contributed by atoms with Gasteiger partial charge in [0.25, 0.3) is 0 Å². The Morgan fingerprint density at radius 2 is 1.86 bits per heavy atom. The number of aromatic nitrogens is 1. The summed E-state index contributed by atoms with van der Waals surface area (Å²) in [4.78, 5) is 37.1. The summed E-state index contributed by atoms with van der Waals surface area (Å²) in [6.07, 6.45) is 3.65. The number of carbonyl (C=O) groups is 2. The number of halogens is 1. The lowest BCUT2D eigenvalue weighted by Crippen LogP contribution is -2.51. The molecule has 2 fully saturated rings. The van der Waals surface area contributed by atoms with E-state index < -0.39 is 0 Å². The van der Waals surface area contributed by atoms with Crippen LogP contribution >= 0.6 is 11.6 Å². The van der Waals surface area contributed by atoms with E-state index in [0.29, 0.717) is 31.2 Å². The van der Waals surface area contributed by atoms with Crippen molar-refractivity contribution in [3.63, 3.8) is 0 Å². The van der Waals surface area contributed by atoms with E-state index in [9.17, 15) is 9.59 Å². The van der Waals surface area contributed by atoms with Crippen LogP contribution in [0.4, 0.5) is 10.5 Å². The highest BCUT2D eigenvalue weighted by Gasteiger charge is 2.32. The molecule has 2 aliphatic heterocycles. The monoisotopic (exact) mass is 413 g/mol. The summed E-state index contributed by atoms with van der Waals surface area (Å²) in [7, 11) is 0. The number of urea groups is 1. The molecule has 0 unspecified atom stereocenters. The zero-order chi connectivity index (χ0) is 20.2. The topological polar surface area (TPSA) is 60.0 Å². The SMILES string of the molecule is O=C(CN1CCN(c2cccc(Cl)c2)C1=O)N1CCN(Cc2cccnc2)CC1. The number of pyridine rings is 1. The van der Waals surface area contributed by atoms with Crippen LogP contribution in [0.1, 0.15) is 5.56 Å². The van der Waals surface area contributed by atoms with E-state index in [1.54, 1.807) is 28.1 Å². The molecule has 3 heterocycles. The molecule has 0 spiro atoms. The van der Waals surface area contributed by atoms with Crippen LogP contribution < -0.4 is 4.90 Å². The molecule has 0 saturated carbocycles. The van der Waals surface area contributed by atoms with Crippen molar-refractivity contribution in [3.8, 4) is 0 Å². The van der Waals surface area contributed by atoms with E-state index in [0.717, 1.165) is 25.3 Å². The molecule has 0 atom stereocenters. The second kappa shape index (κ2) is 8.80. The fourth-order valence-electron chi connectivity index (χ4n) is 3.78. The highest BCUT2D eigenvalue weighted by Crippen LogP contribution is 2.23. The Morgan fingerprint density at radius 3 is 2.59 bits per heavy atom. The van der Waals surface area contributed by atoms with Crippen molar-refractivity contribution in [2.75, 3.05) is 50.7 Å². The van der Waals surface area contributed by atoms with Crippen molar-refractivity contribution in [2.24, 2.45) is 0 Å². The Hall–Kier alpha value is -2.64. The first-order valence-electron chi connectivity index (χ1n) is 9.81. The van der Waals surface area contributed by atoms with Crippen LogP contribution in [0.2, 0.25) is 5.02 Å². The molecule has 0 N–H and O–H groups in total. The van der Waals surface area contributed by atoms with Crippen molar-refractivity contribution in [2.45, 2.75) is 6.54 Å². The first-order chi connectivity index (χ1) is 14.1. The number of hydrogen-bond donors (Lipinski definition) is 0. The minimum Gasteiger partial charge on any atom is -0.339 e. The summed E-state index contributed by atoms with van der Waals surface area (Å²) in [5, 5.41) is 0.592. The third-order valence-electron chi connectivity index (χ3n) is 5.39. The Bertz CT molecular complexity index is 870. The van der Waals surface area contributed by atoms with E-state index in [4.69, 9.17) is 11.6 Å². The first kappa shape index (κ1) is 19.7. The highest BCUT2D eigenvalue weighted by molar-refractivity contribution is 6.30. The molecule has 3 amide bonds. The van der Waals surface area contributed by atoms with Gasteiger partial charge in [-0.2, -0.15) is 0 Å². The second-order valence-corrected chi connectivity index (χ2v) is 7.79. The number of hydrogen-bond acceptors (Lipinski definition) is 4. The summed E-state index contributed by atoms with van der Waals surface area (Å²) in [5.41, 5.74) is 1.94. The standard InChI is InChI=1S/C21H24ClN5O2/c22-18-4-1-5-19(13-18)27-12-11-26(21(27)29)16-20(28)25-9-7-24(8-10-25)15-17-3-2-6-23-14-17/h1-6,13-14H,7-12,15-16H2. The quantitative estimate of drug-likeness (QED) is 0.754. The van der Waals surface area contributed by atoms with Crippen LogP contribution in [0.25, 0.3) is 0 Å². The Morgan fingerprint density at radius 1 is 1.03 bits per heavy atom. The van der Waals surface area contributed by atoms with Gasteiger partial charge in [-0.3, -0.25) is 19.6 Å². The smallest absolute Gasteiger partial charge is 0.325 e. The van der Waals surface area contributed by atoms with E-state index in [2.05, 4.69) is 16.0 Å². The number of nitrogens with zero attached hydrogens (tertiary/aromatic N) is 5. The molecule has 1 aromatic heterocycles. The van der Waals surface area contributed by atoms with Gasteiger partial charge >= 0.3 is 6.03 Å². The molecular weight excluding hydrogens is 390 g/mol. The zero-order valence-corrected chi connectivity index (χ0v) is 17.0. The van der Waals surface area contributed by atoms with Gasteiger partial charge in [-0.05, 0) is 29.8 Å². The van der Waals surface area contributed by atoms with Gasteiger partial charge in [-0.15, -0.1) is 0 Å². The van der Waals surface area contributed by atoms with Crippen LogP contribution in [0, 0.1) is 0 Å². The molecule has 2 saturated heterocycles. The summed E-state index contributed by atoms with van der Waals surface area (Å²) >= 11 is 6.04. The molecule has 2 aromatic rings. The molecule has 7 nitrogen and oxygen atoms in total. The van der Waals surface area contributed by atoms with Crippen molar-refractivity contribution in [3.05, 3.63) is 59.4 Å². The number of rotatable bonds is 5. The summed E-state index contributed by atoms with van der Waals surface area (Å²) < 4.78 is 0. The Balaban J connectivity index is 1.27. The fourth-order valence-corrected chi connectivity index (χ4v) is 3.97. The van der Waals surface area contributed by atoms with Crippen LogP contribution in [-0.2, 0) is 11.3 Å². The molecule has 29 heavy (non-hydrogen) atoms. The van der Waals surface area contributed by atoms with Crippen molar-refractivity contribution in [1.29, 1.82) is 0 Å². The maximum atomic E-state index is 12.7. The van der Waals surface area contributed by atoms with Gasteiger partial charge in [-0.1, -0.05) is 23.7 Å². The van der Waals surface area contributed by atoms with Crippen molar-refractivity contribution in [1.82, 2.24) is 19.7 Å². The van der Waals surface area contributed by atoms with E-state index in [-0.39, 0.29) is 18.5 Å². The van der Waals surface area contributed by atoms with Gasteiger partial charge in [0.05, 0.1) is 0 Å². The molecular formula is C21H24ClN5O2. The lowest BCUT2D eigenvalue weighted by Gasteiger charge is -2.35. The van der Waals surface area contributed by atoms with Gasteiger partial charge in [0, 0.05) is 68.9 Å². The van der Waals surface area contributed by atoms with Crippen LogP contribution in [-0.4, -0.2) is 77.4 Å².